The van der Waals surface area contributed by atoms with E-state index in [9.17, 15) is 14.4 Å². The van der Waals surface area contributed by atoms with Crippen molar-refractivity contribution in [3.63, 3.8) is 0 Å². The maximum absolute atomic E-state index is 13.0. The molecular formula is C27H45N3O7. The SMILES string of the molecule is CC(C)C(OC(=O)N(CCNC(=O)OC(C)(C)C)C(C)C)OC(=O)C(C)(C)Oc1ccc(CCN)cc1. The molecule has 1 rings (SSSR count). The number of benzene rings is 1. The monoisotopic (exact) mass is 523 g/mol. The zero-order valence-corrected chi connectivity index (χ0v) is 23.8. The number of nitrogens with one attached hydrogen (secondary N) is 1. The summed E-state index contributed by atoms with van der Waals surface area (Å²) >= 11 is 0. The molecule has 0 saturated carbocycles. The van der Waals surface area contributed by atoms with Crippen LogP contribution in [0.15, 0.2) is 24.3 Å². The molecule has 10 heteroatoms. The summed E-state index contributed by atoms with van der Waals surface area (Å²) in [6, 6.07) is 7.09. The fourth-order valence-corrected chi connectivity index (χ4v) is 3.09. The van der Waals surface area contributed by atoms with Gasteiger partial charge in [-0.15, -0.1) is 0 Å². The van der Waals surface area contributed by atoms with Gasteiger partial charge in [0.05, 0.1) is 0 Å². The number of nitrogens with zero attached hydrogens (tertiary/aromatic N) is 1. The lowest BCUT2D eigenvalue weighted by Gasteiger charge is -2.31. The maximum atomic E-state index is 13.0. The smallest absolute Gasteiger partial charge is 0.413 e. The molecule has 0 bridgehead atoms. The van der Waals surface area contributed by atoms with Crippen LogP contribution in [0.1, 0.15) is 67.9 Å². The summed E-state index contributed by atoms with van der Waals surface area (Å²) in [6.45, 7) is 16.6. The highest BCUT2D eigenvalue weighted by Gasteiger charge is 2.36. The minimum Gasteiger partial charge on any atom is -0.476 e. The van der Waals surface area contributed by atoms with Crippen molar-refractivity contribution in [3.8, 4) is 5.75 Å². The van der Waals surface area contributed by atoms with Crippen LogP contribution in [0.3, 0.4) is 0 Å². The molecule has 10 nitrogen and oxygen atoms in total. The quantitative estimate of drug-likeness (QED) is 0.307. The predicted molar refractivity (Wildman–Crippen MR) is 141 cm³/mol. The zero-order valence-electron chi connectivity index (χ0n) is 23.8. The van der Waals surface area contributed by atoms with Crippen LogP contribution in [-0.4, -0.2) is 66.2 Å². The summed E-state index contributed by atoms with van der Waals surface area (Å²) in [7, 11) is 0. The topological polar surface area (TPSA) is 129 Å². The van der Waals surface area contributed by atoms with Gasteiger partial charge < -0.3 is 34.9 Å². The molecule has 210 valence electrons. The average molecular weight is 524 g/mol. The molecule has 0 aromatic heterocycles. The van der Waals surface area contributed by atoms with Gasteiger partial charge in [-0.25, -0.2) is 14.4 Å². The molecule has 1 unspecified atom stereocenters. The first-order chi connectivity index (χ1) is 17.1. The van der Waals surface area contributed by atoms with E-state index in [-0.39, 0.29) is 25.0 Å². The second kappa shape index (κ2) is 14.1. The largest absolute Gasteiger partial charge is 0.476 e. The predicted octanol–water partition coefficient (Wildman–Crippen LogP) is 4.24. The van der Waals surface area contributed by atoms with E-state index in [0.717, 1.165) is 12.0 Å². The van der Waals surface area contributed by atoms with Crippen LogP contribution in [0.2, 0.25) is 0 Å². The van der Waals surface area contributed by atoms with Crippen molar-refractivity contribution < 1.29 is 33.3 Å². The summed E-state index contributed by atoms with van der Waals surface area (Å²) in [6.07, 6.45) is -1.62. The van der Waals surface area contributed by atoms with E-state index in [0.29, 0.717) is 12.3 Å². The lowest BCUT2D eigenvalue weighted by Crippen LogP contribution is -2.47. The number of amides is 2. The van der Waals surface area contributed by atoms with Crippen molar-refractivity contribution in [2.45, 2.75) is 92.3 Å². The van der Waals surface area contributed by atoms with E-state index in [4.69, 9.17) is 24.7 Å². The molecule has 0 radical (unpaired) electrons. The first-order valence-electron chi connectivity index (χ1n) is 12.7. The zero-order chi connectivity index (χ0) is 28.4. The van der Waals surface area contributed by atoms with Crippen LogP contribution in [-0.2, 0) is 25.4 Å². The second-order valence-corrected chi connectivity index (χ2v) is 10.9. The van der Waals surface area contributed by atoms with Gasteiger partial charge in [0.2, 0.25) is 0 Å². The second-order valence-electron chi connectivity index (χ2n) is 10.9. The van der Waals surface area contributed by atoms with E-state index in [2.05, 4.69) is 5.32 Å². The van der Waals surface area contributed by atoms with E-state index in [1.54, 1.807) is 60.6 Å². The number of esters is 1. The molecule has 0 spiro atoms. The number of nitrogens with two attached hydrogens (primary N) is 1. The Morgan fingerprint density at radius 2 is 1.57 bits per heavy atom. The summed E-state index contributed by atoms with van der Waals surface area (Å²) in [5, 5.41) is 2.62. The highest BCUT2D eigenvalue weighted by atomic mass is 16.7. The number of hydrogen-bond acceptors (Lipinski definition) is 8. The molecule has 37 heavy (non-hydrogen) atoms. The van der Waals surface area contributed by atoms with Gasteiger partial charge >= 0.3 is 18.2 Å². The normalized spacial score (nSPS) is 12.6. The fraction of sp³-hybridized carbons (Fsp3) is 0.667. The van der Waals surface area contributed by atoms with E-state index in [1.165, 1.54) is 4.90 Å². The minimum atomic E-state index is -1.33. The highest BCUT2D eigenvalue weighted by Crippen LogP contribution is 2.22. The van der Waals surface area contributed by atoms with Crippen molar-refractivity contribution in [1.82, 2.24) is 10.2 Å². The number of hydrogen-bond donors (Lipinski definition) is 2. The van der Waals surface area contributed by atoms with Crippen LogP contribution in [0.4, 0.5) is 9.59 Å². The Hall–Kier alpha value is -3.01. The summed E-state index contributed by atoms with van der Waals surface area (Å²) in [4.78, 5) is 39.2. The van der Waals surface area contributed by atoms with Gasteiger partial charge in [0.15, 0.2) is 5.60 Å². The van der Waals surface area contributed by atoms with Crippen LogP contribution in [0.5, 0.6) is 5.75 Å². The molecule has 0 aliphatic rings. The van der Waals surface area contributed by atoms with Gasteiger partial charge in [0, 0.05) is 25.0 Å². The number of alkyl carbamates (subject to hydrolysis) is 1. The molecule has 0 aliphatic carbocycles. The van der Waals surface area contributed by atoms with Crippen molar-refractivity contribution in [2.24, 2.45) is 11.7 Å². The molecule has 2 amide bonds. The van der Waals surface area contributed by atoms with E-state index >= 15 is 0 Å². The first kappa shape index (κ1) is 32.0. The molecule has 0 fully saturated rings. The molecule has 3 N–H and O–H groups in total. The molecule has 1 aromatic rings. The number of rotatable bonds is 12. The molecule has 1 atom stereocenters. The molecule has 0 aliphatic heterocycles. The fourth-order valence-electron chi connectivity index (χ4n) is 3.09. The standard InChI is InChI=1S/C27H45N3O7/c1-18(2)22(34-23(31)27(8,9)36-21-12-10-20(11-13-21)14-15-28)35-25(33)30(19(3)4)17-16-29-24(32)37-26(5,6)7/h10-13,18-19,22H,14-17,28H2,1-9H3,(H,29,32). The van der Waals surface area contributed by atoms with Crippen LogP contribution < -0.4 is 15.8 Å². The molecular weight excluding hydrogens is 478 g/mol. The van der Waals surface area contributed by atoms with Gasteiger partial charge in [0.1, 0.15) is 11.4 Å². The lowest BCUT2D eigenvalue weighted by molar-refractivity contribution is -0.191. The van der Waals surface area contributed by atoms with Gasteiger partial charge in [-0.2, -0.15) is 0 Å². The minimum absolute atomic E-state index is 0.166. The van der Waals surface area contributed by atoms with Crippen molar-refractivity contribution in [2.75, 3.05) is 19.6 Å². The van der Waals surface area contributed by atoms with Gasteiger partial charge in [0.25, 0.3) is 6.29 Å². The Morgan fingerprint density at radius 3 is 2.05 bits per heavy atom. The number of ether oxygens (including phenoxy) is 4. The average Bonchev–Trinajstić information content (AvgIpc) is 2.75. The van der Waals surface area contributed by atoms with Gasteiger partial charge in [-0.1, -0.05) is 26.0 Å². The van der Waals surface area contributed by atoms with Crippen LogP contribution in [0.25, 0.3) is 0 Å². The molecule has 1 aromatic carbocycles. The van der Waals surface area contributed by atoms with Crippen LogP contribution in [0, 0.1) is 5.92 Å². The highest BCUT2D eigenvalue weighted by molar-refractivity contribution is 5.79. The Labute approximate surface area is 221 Å². The van der Waals surface area contributed by atoms with Crippen molar-refractivity contribution in [1.29, 1.82) is 0 Å². The van der Waals surface area contributed by atoms with E-state index < -0.39 is 35.6 Å². The third-order valence-corrected chi connectivity index (χ3v) is 5.08. The Kier molecular flexibility index (Phi) is 12.2. The van der Waals surface area contributed by atoms with E-state index in [1.807, 2.05) is 26.0 Å². The molecule has 0 saturated heterocycles. The van der Waals surface area contributed by atoms with Crippen molar-refractivity contribution >= 4 is 18.2 Å². The van der Waals surface area contributed by atoms with Gasteiger partial charge in [-0.05, 0) is 79.1 Å². The maximum Gasteiger partial charge on any atom is 0.413 e. The lowest BCUT2D eigenvalue weighted by atomic mass is 10.1. The summed E-state index contributed by atoms with van der Waals surface area (Å²) in [5.74, 6) is -0.481. The Morgan fingerprint density at radius 1 is 0.973 bits per heavy atom. The van der Waals surface area contributed by atoms with Crippen LogP contribution >= 0.6 is 0 Å². The Bertz CT molecular complexity index is 877. The van der Waals surface area contributed by atoms with Crippen molar-refractivity contribution in [3.05, 3.63) is 29.8 Å². The summed E-state index contributed by atoms with van der Waals surface area (Å²) in [5.41, 5.74) is 4.70. The number of carbonyl (C=O) groups is 3. The van der Waals surface area contributed by atoms with Gasteiger partial charge in [-0.3, -0.25) is 0 Å². The third kappa shape index (κ3) is 11.7. The Balaban J connectivity index is 2.77. The summed E-state index contributed by atoms with van der Waals surface area (Å²) < 4.78 is 22.2. The molecule has 0 heterocycles. The number of carbonyl (C=O) groups excluding carboxylic acids is 3. The first-order valence-corrected chi connectivity index (χ1v) is 12.7. The third-order valence-electron chi connectivity index (χ3n) is 5.08.